The normalized spacial score (nSPS) is 11.5. The van der Waals surface area contributed by atoms with Crippen LogP contribution >= 0.6 is 0 Å². The third-order valence-corrected chi connectivity index (χ3v) is 8.24. The number of Topliss-reactive ketones (excluding diaryl/α,β-unsaturated/α-hetero) is 1. The summed E-state index contributed by atoms with van der Waals surface area (Å²) >= 11 is 0. The molecule has 0 unspecified atom stereocenters. The van der Waals surface area contributed by atoms with Gasteiger partial charge in [0, 0.05) is 32.2 Å². The number of tetrazole rings is 1. The van der Waals surface area contributed by atoms with Crippen LogP contribution in [0.15, 0.2) is 0 Å². The number of amides is 2. The largest absolute Gasteiger partial charge is 0.377 e. The summed E-state index contributed by atoms with van der Waals surface area (Å²) in [6, 6.07) is 0. The van der Waals surface area contributed by atoms with Crippen molar-refractivity contribution >= 4 is 27.6 Å². The summed E-state index contributed by atoms with van der Waals surface area (Å²) in [5.74, 6) is -0.218. The van der Waals surface area contributed by atoms with Crippen LogP contribution in [0, 0.1) is 0 Å². The Morgan fingerprint density at radius 3 is 1.93 bits per heavy atom. The van der Waals surface area contributed by atoms with Gasteiger partial charge in [-0.2, -0.15) is 5.21 Å². The van der Waals surface area contributed by atoms with E-state index in [1.165, 1.54) is 51.4 Å². The lowest BCUT2D eigenvalue weighted by molar-refractivity contribution is -0.124. The van der Waals surface area contributed by atoms with Crippen molar-refractivity contribution in [2.45, 2.75) is 122 Å². The van der Waals surface area contributed by atoms with E-state index in [4.69, 9.17) is 9.47 Å². The third-order valence-electron chi connectivity index (χ3n) is 6.88. The minimum Gasteiger partial charge on any atom is -0.377 e. The highest BCUT2D eigenvalue weighted by Gasteiger charge is 2.15. The van der Waals surface area contributed by atoms with Crippen LogP contribution in [0.4, 0.5) is 0 Å². The first kappa shape index (κ1) is 38.6. The summed E-state index contributed by atoms with van der Waals surface area (Å²) < 4.78 is 36.8. The van der Waals surface area contributed by atoms with Crippen molar-refractivity contribution in [3.63, 3.8) is 0 Å². The molecule has 0 bridgehead atoms. The van der Waals surface area contributed by atoms with E-state index in [1.54, 1.807) is 6.92 Å². The molecule has 3 N–H and O–H groups in total. The van der Waals surface area contributed by atoms with Crippen LogP contribution in [-0.2, 0) is 40.3 Å². The number of nitrogens with one attached hydrogen (secondary N) is 3. The summed E-state index contributed by atoms with van der Waals surface area (Å²) in [6.45, 7) is 3.05. The lowest BCUT2D eigenvalue weighted by atomic mass is 10.0. The predicted octanol–water partition coefficient (Wildman–Crippen LogP) is 3.56. The highest BCUT2D eigenvalue weighted by atomic mass is 32.2. The second kappa shape index (κ2) is 26.0. The van der Waals surface area contributed by atoms with Crippen molar-refractivity contribution in [1.82, 2.24) is 30.7 Å². The third kappa shape index (κ3) is 24.7. The number of ketones is 1. The number of carbonyl (C=O) groups is 3. The number of aromatic amines is 1. The first-order valence-corrected chi connectivity index (χ1v) is 17.7. The molecule has 1 heterocycles. The van der Waals surface area contributed by atoms with Crippen molar-refractivity contribution in [2.75, 3.05) is 38.7 Å². The molecular weight excluding hydrogens is 576 g/mol. The highest BCUT2D eigenvalue weighted by molar-refractivity contribution is 7.90. The summed E-state index contributed by atoms with van der Waals surface area (Å²) in [7, 11) is -3.75. The highest BCUT2D eigenvalue weighted by Crippen LogP contribution is 2.13. The zero-order valence-corrected chi connectivity index (χ0v) is 26.9. The topological polar surface area (TPSA) is 182 Å². The van der Waals surface area contributed by atoms with Gasteiger partial charge in [0.2, 0.25) is 21.8 Å². The van der Waals surface area contributed by atoms with Gasteiger partial charge in [-0.1, -0.05) is 82.8 Å². The molecule has 2 amide bonds. The zero-order chi connectivity index (χ0) is 31.4. The average Bonchev–Trinajstić information content (AvgIpc) is 3.49. The Kier molecular flexibility index (Phi) is 23.3. The molecular formula is C29H54N6O7S. The Bertz CT molecular complexity index is 961. The number of carbonyl (C=O) groups excluding carboxylic acids is 3. The molecule has 0 aliphatic rings. The molecule has 248 valence electrons. The van der Waals surface area contributed by atoms with Gasteiger partial charge < -0.3 is 14.8 Å². The summed E-state index contributed by atoms with van der Waals surface area (Å²) in [5.41, 5.74) is 0. The molecule has 0 atom stereocenters. The SMILES string of the molecule is CCC(=O)COCCOCCNC(=O)CCCS(=O)(=O)NC(=O)CCCCCCCCCCCCCCCc1nn[nH]n1. The number of aryl methyl sites for hydroxylation is 1. The van der Waals surface area contributed by atoms with Crippen LogP contribution in [-0.4, -0.2) is 85.4 Å². The van der Waals surface area contributed by atoms with Gasteiger partial charge >= 0.3 is 0 Å². The van der Waals surface area contributed by atoms with Crippen LogP contribution in [0.5, 0.6) is 0 Å². The molecule has 0 aliphatic heterocycles. The van der Waals surface area contributed by atoms with Crippen molar-refractivity contribution < 1.29 is 32.3 Å². The van der Waals surface area contributed by atoms with E-state index < -0.39 is 15.9 Å². The van der Waals surface area contributed by atoms with E-state index >= 15 is 0 Å². The number of sulfonamides is 1. The second-order valence-electron chi connectivity index (χ2n) is 10.8. The lowest BCUT2D eigenvalue weighted by Gasteiger charge is -2.08. The Morgan fingerprint density at radius 1 is 0.744 bits per heavy atom. The van der Waals surface area contributed by atoms with E-state index in [9.17, 15) is 22.8 Å². The molecule has 0 aromatic carbocycles. The standard InChI is InChI=1S/C29H54N6O7S/c1-2-26(36)25-42-23-22-41-21-20-30-28(37)19-16-24-43(39,40)33-29(38)18-15-13-11-9-7-5-3-4-6-8-10-12-14-17-27-31-34-35-32-27/h2-25H2,1H3,(H,30,37)(H,33,38)(H,31,32,34,35). The number of aromatic nitrogens is 4. The molecule has 13 nitrogen and oxygen atoms in total. The van der Waals surface area contributed by atoms with Crippen molar-refractivity contribution in [1.29, 1.82) is 0 Å². The van der Waals surface area contributed by atoms with Crippen LogP contribution in [0.1, 0.15) is 122 Å². The van der Waals surface area contributed by atoms with E-state index in [2.05, 4.69) is 30.7 Å². The molecule has 0 spiro atoms. The summed E-state index contributed by atoms with van der Waals surface area (Å²) in [5, 5.41) is 16.6. The van der Waals surface area contributed by atoms with Gasteiger partial charge in [-0.25, -0.2) is 8.42 Å². The quantitative estimate of drug-likeness (QED) is 0.106. The van der Waals surface area contributed by atoms with Gasteiger partial charge in [-0.15, -0.1) is 10.2 Å². The average molecular weight is 631 g/mol. The van der Waals surface area contributed by atoms with Crippen LogP contribution in [0.25, 0.3) is 0 Å². The first-order chi connectivity index (χ1) is 20.8. The molecule has 0 aliphatic carbocycles. The van der Waals surface area contributed by atoms with Crippen LogP contribution in [0.2, 0.25) is 0 Å². The van der Waals surface area contributed by atoms with E-state index in [0.717, 1.165) is 37.9 Å². The van der Waals surface area contributed by atoms with Gasteiger partial charge in [-0.3, -0.25) is 19.1 Å². The fourth-order valence-corrected chi connectivity index (χ4v) is 5.43. The predicted molar refractivity (Wildman–Crippen MR) is 164 cm³/mol. The Hall–Kier alpha value is -2.45. The fraction of sp³-hybridized carbons (Fsp3) is 0.862. The molecule has 0 saturated heterocycles. The molecule has 1 aromatic heterocycles. The van der Waals surface area contributed by atoms with Gasteiger partial charge in [-0.05, 0) is 19.3 Å². The molecule has 0 saturated carbocycles. The number of rotatable bonds is 30. The van der Waals surface area contributed by atoms with Gasteiger partial charge in [0.05, 0.1) is 25.6 Å². The smallest absolute Gasteiger partial charge is 0.234 e. The first-order valence-electron chi connectivity index (χ1n) is 16.0. The number of nitrogens with zero attached hydrogens (tertiary/aromatic N) is 3. The van der Waals surface area contributed by atoms with Crippen LogP contribution in [0.3, 0.4) is 0 Å². The minimum atomic E-state index is -3.75. The van der Waals surface area contributed by atoms with E-state index in [-0.39, 0.29) is 49.9 Å². The number of ether oxygens (including phenoxy) is 2. The fourth-order valence-electron chi connectivity index (χ4n) is 4.36. The Balaban J connectivity index is 1.87. The maximum atomic E-state index is 12.1. The molecule has 43 heavy (non-hydrogen) atoms. The number of H-pyrrole nitrogens is 1. The molecule has 14 heteroatoms. The van der Waals surface area contributed by atoms with E-state index in [0.29, 0.717) is 32.6 Å². The van der Waals surface area contributed by atoms with Crippen molar-refractivity contribution in [3.8, 4) is 0 Å². The van der Waals surface area contributed by atoms with Crippen molar-refractivity contribution in [2.24, 2.45) is 0 Å². The van der Waals surface area contributed by atoms with Gasteiger partial charge in [0.25, 0.3) is 0 Å². The number of hydrogen-bond acceptors (Lipinski definition) is 10. The van der Waals surface area contributed by atoms with Crippen LogP contribution < -0.4 is 10.0 Å². The van der Waals surface area contributed by atoms with E-state index in [1.807, 2.05) is 0 Å². The summed E-state index contributed by atoms with van der Waals surface area (Å²) in [6.07, 6.45) is 16.6. The van der Waals surface area contributed by atoms with Gasteiger partial charge in [0.1, 0.15) is 6.61 Å². The maximum Gasteiger partial charge on any atom is 0.234 e. The van der Waals surface area contributed by atoms with Crippen molar-refractivity contribution in [3.05, 3.63) is 5.82 Å². The molecule has 1 rings (SSSR count). The number of unbranched alkanes of at least 4 members (excludes halogenated alkanes) is 12. The summed E-state index contributed by atoms with van der Waals surface area (Å²) in [4.78, 5) is 35.0. The maximum absolute atomic E-state index is 12.1. The molecule has 0 radical (unpaired) electrons. The zero-order valence-electron chi connectivity index (χ0n) is 26.1. The monoisotopic (exact) mass is 630 g/mol. The molecule has 0 fully saturated rings. The molecule has 1 aromatic rings. The number of hydrogen-bond donors (Lipinski definition) is 3. The lowest BCUT2D eigenvalue weighted by Crippen LogP contribution is -2.33. The Morgan fingerprint density at radius 2 is 1.33 bits per heavy atom. The van der Waals surface area contributed by atoms with Gasteiger partial charge in [0.15, 0.2) is 11.6 Å². The second-order valence-corrected chi connectivity index (χ2v) is 12.6. The Labute approximate surface area is 257 Å². The minimum absolute atomic E-state index is 0.0320.